The summed E-state index contributed by atoms with van der Waals surface area (Å²) in [5, 5.41) is 3.36. The standard InChI is InChI=1S/C25H29N3O4.ClH/c1-24(2,31-19-9-7-18(8-10-19)27-15-12-26-13-16-27)23(30)28-14-11-25(17-28)21-6-4-3-5-20(21)22(29)32-25;/h3-10,26H,11-17H2,1-2H3;1H/t25-;/m0./s1. The summed E-state index contributed by atoms with van der Waals surface area (Å²) in [5.74, 6) is 0.241. The zero-order chi connectivity index (χ0) is 22.3. The summed E-state index contributed by atoms with van der Waals surface area (Å²) in [6.07, 6.45) is 0.594. The smallest absolute Gasteiger partial charge is 0.339 e. The van der Waals surface area contributed by atoms with Crippen molar-refractivity contribution in [3.63, 3.8) is 0 Å². The first kappa shape index (κ1) is 23.4. The van der Waals surface area contributed by atoms with E-state index in [2.05, 4.69) is 10.2 Å². The molecule has 2 fully saturated rings. The van der Waals surface area contributed by atoms with Crippen LogP contribution in [0.2, 0.25) is 0 Å². The summed E-state index contributed by atoms with van der Waals surface area (Å²) in [7, 11) is 0. The highest BCUT2D eigenvalue weighted by molar-refractivity contribution is 5.95. The first-order valence-corrected chi connectivity index (χ1v) is 11.2. The third-order valence-electron chi connectivity index (χ3n) is 6.65. The number of esters is 1. The number of ether oxygens (including phenoxy) is 2. The molecule has 0 unspecified atom stereocenters. The Morgan fingerprint density at radius 3 is 2.48 bits per heavy atom. The van der Waals surface area contributed by atoms with E-state index in [0.29, 0.717) is 30.8 Å². The predicted molar refractivity (Wildman–Crippen MR) is 128 cm³/mol. The third kappa shape index (κ3) is 4.27. The Balaban J connectivity index is 0.00000259. The van der Waals surface area contributed by atoms with E-state index in [9.17, 15) is 9.59 Å². The number of nitrogens with one attached hydrogen (secondary N) is 1. The summed E-state index contributed by atoms with van der Waals surface area (Å²) in [6.45, 7) is 8.38. The van der Waals surface area contributed by atoms with Gasteiger partial charge in [-0.05, 0) is 44.2 Å². The van der Waals surface area contributed by atoms with Gasteiger partial charge in [-0.25, -0.2) is 4.79 Å². The Kier molecular flexibility index (Phi) is 6.29. The number of fused-ring (bicyclic) bond motifs is 2. The number of rotatable bonds is 4. The van der Waals surface area contributed by atoms with Gasteiger partial charge in [-0.3, -0.25) is 4.79 Å². The van der Waals surface area contributed by atoms with Crippen molar-refractivity contribution < 1.29 is 19.1 Å². The molecule has 3 heterocycles. The van der Waals surface area contributed by atoms with Gasteiger partial charge in [-0.2, -0.15) is 0 Å². The van der Waals surface area contributed by atoms with Crippen molar-refractivity contribution in [3.8, 4) is 5.75 Å². The molecule has 2 saturated heterocycles. The number of piperazine rings is 1. The maximum absolute atomic E-state index is 13.4. The lowest BCUT2D eigenvalue weighted by Crippen LogP contribution is -2.49. The Bertz CT molecular complexity index is 1040. The van der Waals surface area contributed by atoms with Crippen LogP contribution in [-0.2, 0) is 15.1 Å². The first-order valence-electron chi connectivity index (χ1n) is 11.2. The number of hydrogen-bond donors (Lipinski definition) is 1. The number of hydrogen-bond acceptors (Lipinski definition) is 6. The molecule has 33 heavy (non-hydrogen) atoms. The summed E-state index contributed by atoms with van der Waals surface area (Å²) < 4.78 is 11.9. The van der Waals surface area contributed by atoms with Crippen LogP contribution >= 0.6 is 12.4 Å². The average Bonchev–Trinajstić information content (AvgIpc) is 3.35. The molecule has 3 aliphatic rings. The number of likely N-dealkylation sites (tertiary alicyclic amines) is 1. The number of amides is 1. The minimum atomic E-state index is -1.04. The maximum atomic E-state index is 13.4. The van der Waals surface area contributed by atoms with Crippen LogP contribution in [0.25, 0.3) is 0 Å². The van der Waals surface area contributed by atoms with Gasteiger partial charge in [-0.15, -0.1) is 12.4 Å². The van der Waals surface area contributed by atoms with Gasteiger partial charge >= 0.3 is 5.97 Å². The normalized spacial score (nSPS) is 22.1. The molecule has 7 nitrogen and oxygen atoms in total. The van der Waals surface area contributed by atoms with E-state index in [1.54, 1.807) is 24.8 Å². The molecule has 176 valence electrons. The highest BCUT2D eigenvalue weighted by Crippen LogP contribution is 2.43. The minimum Gasteiger partial charge on any atom is -0.478 e. The van der Waals surface area contributed by atoms with Crippen molar-refractivity contribution in [1.29, 1.82) is 0 Å². The van der Waals surface area contributed by atoms with Gasteiger partial charge in [0.05, 0.1) is 12.1 Å². The van der Waals surface area contributed by atoms with Gasteiger partial charge in [0, 0.05) is 50.4 Å². The molecule has 2 aromatic carbocycles. The Morgan fingerprint density at radius 2 is 1.76 bits per heavy atom. The molecular formula is C25H30ClN3O4. The van der Waals surface area contributed by atoms with Gasteiger partial charge in [0.1, 0.15) is 5.75 Å². The molecule has 3 aliphatic heterocycles. The SMILES string of the molecule is CC(C)(Oc1ccc(N2CCNCC2)cc1)C(=O)N1CC[C@@]2(C1)OC(=O)c1ccccc12.Cl. The molecule has 2 aromatic rings. The average molecular weight is 472 g/mol. The van der Waals surface area contributed by atoms with Gasteiger partial charge in [0.15, 0.2) is 11.2 Å². The summed E-state index contributed by atoms with van der Waals surface area (Å²) in [5.41, 5.74) is 0.852. The quantitative estimate of drug-likeness (QED) is 0.691. The van der Waals surface area contributed by atoms with Gasteiger partial charge < -0.3 is 24.6 Å². The molecule has 1 atom stereocenters. The predicted octanol–water partition coefficient (Wildman–Crippen LogP) is 2.97. The zero-order valence-electron chi connectivity index (χ0n) is 19.0. The van der Waals surface area contributed by atoms with Crippen LogP contribution in [0.5, 0.6) is 5.75 Å². The van der Waals surface area contributed by atoms with Crippen molar-refractivity contribution >= 4 is 30.0 Å². The summed E-state index contributed by atoms with van der Waals surface area (Å²) in [6, 6.07) is 15.4. The zero-order valence-corrected chi connectivity index (χ0v) is 19.8. The molecule has 1 spiro atoms. The topological polar surface area (TPSA) is 71.1 Å². The van der Waals surface area contributed by atoms with Gasteiger partial charge in [-0.1, -0.05) is 18.2 Å². The number of benzene rings is 2. The van der Waals surface area contributed by atoms with Crippen molar-refractivity contribution in [2.75, 3.05) is 44.2 Å². The van der Waals surface area contributed by atoms with Crippen LogP contribution < -0.4 is 15.0 Å². The second-order valence-electron chi connectivity index (χ2n) is 9.25. The van der Waals surface area contributed by atoms with Gasteiger partial charge in [0.2, 0.25) is 0 Å². The van der Waals surface area contributed by atoms with Crippen LogP contribution in [0.1, 0.15) is 36.2 Å². The summed E-state index contributed by atoms with van der Waals surface area (Å²) >= 11 is 0. The molecule has 0 radical (unpaired) electrons. The van der Waals surface area contributed by atoms with Gasteiger partial charge in [0.25, 0.3) is 5.91 Å². The highest BCUT2D eigenvalue weighted by atomic mass is 35.5. The monoisotopic (exact) mass is 471 g/mol. The fourth-order valence-corrected chi connectivity index (χ4v) is 4.97. The van der Waals surface area contributed by atoms with Crippen LogP contribution in [0, 0.1) is 0 Å². The molecule has 1 N–H and O–H groups in total. The van der Waals surface area contributed by atoms with E-state index < -0.39 is 11.2 Å². The minimum absolute atomic E-state index is 0. The molecule has 0 aliphatic carbocycles. The number of nitrogens with zero attached hydrogens (tertiary/aromatic N) is 2. The lowest BCUT2D eigenvalue weighted by molar-refractivity contribution is -0.145. The molecule has 0 saturated carbocycles. The van der Waals surface area contributed by atoms with Crippen LogP contribution in [0.4, 0.5) is 5.69 Å². The van der Waals surface area contributed by atoms with Crippen molar-refractivity contribution in [1.82, 2.24) is 10.2 Å². The number of carbonyl (C=O) groups excluding carboxylic acids is 2. The maximum Gasteiger partial charge on any atom is 0.339 e. The van der Waals surface area contributed by atoms with Crippen LogP contribution in [0.3, 0.4) is 0 Å². The second-order valence-corrected chi connectivity index (χ2v) is 9.25. The second kappa shape index (κ2) is 8.88. The van der Waals surface area contributed by atoms with Crippen molar-refractivity contribution in [2.45, 2.75) is 31.5 Å². The molecule has 0 bridgehead atoms. The van der Waals surface area contributed by atoms with E-state index in [1.807, 2.05) is 42.5 Å². The number of carbonyl (C=O) groups is 2. The van der Waals surface area contributed by atoms with E-state index in [4.69, 9.17) is 9.47 Å². The molecule has 1 amide bonds. The number of halogens is 1. The lowest BCUT2D eigenvalue weighted by atomic mass is 9.91. The highest BCUT2D eigenvalue weighted by Gasteiger charge is 2.52. The molecule has 0 aromatic heterocycles. The van der Waals surface area contributed by atoms with E-state index in [0.717, 1.165) is 37.4 Å². The first-order chi connectivity index (χ1) is 15.4. The Labute approximate surface area is 200 Å². The molecule has 8 heteroatoms. The Hall–Kier alpha value is -2.77. The molecular weight excluding hydrogens is 442 g/mol. The Morgan fingerprint density at radius 1 is 1.06 bits per heavy atom. The van der Waals surface area contributed by atoms with Crippen LogP contribution in [-0.4, -0.2) is 61.6 Å². The molecule has 5 rings (SSSR count). The third-order valence-corrected chi connectivity index (χ3v) is 6.65. The van der Waals surface area contributed by atoms with E-state index >= 15 is 0 Å². The number of anilines is 1. The fourth-order valence-electron chi connectivity index (χ4n) is 4.97. The van der Waals surface area contributed by atoms with Crippen molar-refractivity contribution in [3.05, 3.63) is 59.7 Å². The summed E-state index contributed by atoms with van der Waals surface area (Å²) in [4.78, 5) is 29.8. The van der Waals surface area contributed by atoms with Crippen LogP contribution in [0.15, 0.2) is 48.5 Å². The van der Waals surface area contributed by atoms with E-state index in [-0.39, 0.29) is 24.3 Å². The van der Waals surface area contributed by atoms with Crippen molar-refractivity contribution in [2.24, 2.45) is 0 Å². The fraction of sp³-hybridized carbons (Fsp3) is 0.440. The lowest BCUT2D eigenvalue weighted by Gasteiger charge is -2.32. The largest absolute Gasteiger partial charge is 0.478 e. The van der Waals surface area contributed by atoms with E-state index in [1.165, 1.54) is 0 Å².